The van der Waals surface area contributed by atoms with Gasteiger partial charge < -0.3 is 5.73 Å². The Morgan fingerprint density at radius 3 is 2.93 bits per heavy atom. The van der Waals surface area contributed by atoms with E-state index in [-0.39, 0.29) is 0 Å². The van der Waals surface area contributed by atoms with E-state index in [1.807, 2.05) is 6.92 Å². The highest BCUT2D eigenvalue weighted by Crippen LogP contribution is 2.14. The first kappa shape index (κ1) is 8.82. The van der Waals surface area contributed by atoms with Crippen molar-refractivity contribution in [3.05, 3.63) is 18.1 Å². The van der Waals surface area contributed by atoms with Gasteiger partial charge in [-0.25, -0.2) is 9.97 Å². The zero-order chi connectivity index (χ0) is 9.97. The maximum absolute atomic E-state index is 5.49. The van der Waals surface area contributed by atoms with Crippen LogP contribution in [0.4, 0.5) is 16.9 Å². The summed E-state index contributed by atoms with van der Waals surface area (Å²) in [5.74, 6) is 1.58. The van der Waals surface area contributed by atoms with Gasteiger partial charge in [0.2, 0.25) is 11.1 Å². The Morgan fingerprint density at radius 1 is 1.43 bits per heavy atom. The number of nitrogens with two attached hydrogens (primary N) is 1. The van der Waals surface area contributed by atoms with E-state index in [2.05, 4.69) is 24.6 Å². The van der Waals surface area contributed by atoms with Crippen molar-refractivity contribution in [2.45, 2.75) is 6.92 Å². The minimum absolute atomic E-state index is 0.420. The molecule has 2 aromatic heterocycles. The standard InChI is InChI=1S/C7H8N6S/c1-4-10-7(14-13-4)12-6-9-3-2-5(8)11-6/h2-3H,1H3,(H3,8,9,10,11,12,13). The number of rotatable bonds is 2. The molecule has 0 unspecified atom stereocenters. The van der Waals surface area contributed by atoms with E-state index in [1.54, 1.807) is 12.3 Å². The molecule has 0 radical (unpaired) electrons. The van der Waals surface area contributed by atoms with Crippen molar-refractivity contribution in [1.29, 1.82) is 0 Å². The predicted molar refractivity (Wildman–Crippen MR) is 54.4 cm³/mol. The molecule has 0 spiro atoms. The third-order valence-corrected chi connectivity index (χ3v) is 2.15. The lowest BCUT2D eigenvalue weighted by Crippen LogP contribution is -1.99. The number of nitrogens with zero attached hydrogens (tertiary/aromatic N) is 4. The number of nitrogens with one attached hydrogen (secondary N) is 1. The highest BCUT2D eigenvalue weighted by atomic mass is 32.1. The molecule has 0 aliphatic rings. The average Bonchev–Trinajstić information content (AvgIpc) is 2.51. The number of nitrogen functional groups attached to an aromatic ring is 1. The van der Waals surface area contributed by atoms with Crippen LogP contribution in [-0.4, -0.2) is 19.3 Å². The first-order chi connectivity index (χ1) is 6.74. The van der Waals surface area contributed by atoms with Crippen molar-refractivity contribution in [3.8, 4) is 0 Å². The SMILES string of the molecule is Cc1nsc(Nc2nccc(N)n2)n1. The first-order valence-corrected chi connectivity index (χ1v) is 4.67. The molecule has 0 saturated carbocycles. The minimum atomic E-state index is 0.420. The molecule has 7 heteroatoms. The van der Waals surface area contributed by atoms with Crippen molar-refractivity contribution in [1.82, 2.24) is 19.3 Å². The summed E-state index contributed by atoms with van der Waals surface area (Å²) >= 11 is 1.26. The topological polar surface area (TPSA) is 89.6 Å². The molecular weight excluding hydrogens is 200 g/mol. The van der Waals surface area contributed by atoms with Crippen LogP contribution in [0.25, 0.3) is 0 Å². The highest BCUT2D eigenvalue weighted by Gasteiger charge is 2.02. The van der Waals surface area contributed by atoms with Gasteiger partial charge in [0.25, 0.3) is 0 Å². The van der Waals surface area contributed by atoms with E-state index in [0.717, 1.165) is 5.82 Å². The van der Waals surface area contributed by atoms with Crippen molar-refractivity contribution in [2.75, 3.05) is 11.1 Å². The van der Waals surface area contributed by atoms with Crippen LogP contribution in [0.1, 0.15) is 5.82 Å². The highest BCUT2D eigenvalue weighted by molar-refractivity contribution is 7.09. The van der Waals surface area contributed by atoms with Crippen molar-refractivity contribution in [2.24, 2.45) is 0 Å². The molecular formula is C7H8N6S. The Morgan fingerprint density at radius 2 is 2.29 bits per heavy atom. The van der Waals surface area contributed by atoms with E-state index in [0.29, 0.717) is 16.9 Å². The fourth-order valence-electron chi connectivity index (χ4n) is 0.876. The molecule has 0 aliphatic carbocycles. The van der Waals surface area contributed by atoms with Gasteiger partial charge in [0.1, 0.15) is 11.6 Å². The van der Waals surface area contributed by atoms with Crippen LogP contribution in [0.3, 0.4) is 0 Å². The quantitative estimate of drug-likeness (QED) is 0.764. The van der Waals surface area contributed by atoms with Crippen molar-refractivity contribution >= 4 is 28.4 Å². The van der Waals surface area contributed by atoms with E-state index in [4.69, 9.17) is 5.73 Å². The van der Waals surface area contributed by atoms with E-state index < -0.39 is 0 Å². The lowest BCUT2D eigenvalue weighted by Gasteiger charge is -1.99. The van der Waals surface area contributed by atoms with Gasteiger partial charge >= 0.3 is 0 Å². The summed E-state index contributed by atoms with van der Waals surface area (Å²) in [6.07, 6.45) is 1.58. The minimum Gasteiger partial charge on any atom is -0.384 e. The molecule has 14 heavy (non-hydrogen) atoms. The summed E-state index contributed by atoms with van der Waals surface area (Å²) in [4.78, 5) is 12.1. The zero-order valence-corrected chi connectivity index (χ0v) is 8.25. The van der Waals surface area contributed by atoms with Gasteiger partial charge in [-0.05, 0) is 13.0 Å². The summed E-state index contributed by atoms with van der Waals surface area (Å²) in [5, 5.41) is 3.57. The fourth-order valence-corrected chi connectivity index (χ4v) is 1.45. The lowest BCUT2D eigenvalue weighted by atomic mass is 10.6. The third-order valence-electron chi connectivity index (χ3n) is 1.42. The van der Waals surface area contributed by atoms with Crippen LogP contribution in [0.5, 0.6) is 0 Å². The van der Waals surface area contributed by atoms with Gasteiger partial charge in [0.15, 0.2) is 0 Å². The van der Waals surface area contributed by atoms with Gasteiger partial charge in [-0.3, -0.25) is 5.32 Å². The molecule has 3 N–H and O–H groups in total. The number of hydrogen-bond donors (Lipinski definition) is 2. The number of anilines is 3. The van der Waals surface area contributed by atoms with Crippen LogP contribution >= 0.6 is 11.5 Å². The van der Waals surface area contributed by atoms with Crippen LogP contribution in [0.15, 0.2) is 12.3 Å². The van der Waals surface area contributed by atoms with E-state index in [9.17, 15) is 0 Å². The van der Waals surface area contributed by atoms with Crippen LogP contribution in [-0.2, 0) is 0 Å². The van der Waals surface area contributed by atoms with Gasteiger partial charge in [-0.1, -0.05) is 0 Å². The largest absolute Gasteiger partial charge is 0.384 e. The summed E-state index contributed by atoms with van der Waals surface area (Å²) < 4.78 is 4.02. The number of aromatic nitrogens is 4. The maximum atomic E-state index is 5.49. The Labute approximate surface area is 84.4 Å². The normalized spacial score (nSPS) is 10.1. The molecule has 2 rings (SSSR count). The Balaban J connectivity index is 2.18. The predicted octanol–water partition coefficient (Wildman–Crippen LogP) is 0.962. The summed E-state index contributed by atoms with van der Waals surface area (Å²) in [6.45, 7) is 1.82. The monoisotopic (exact) mass is 208 g/mol. The van der Waals surface area contributed by atoms with E-state index >= 15 is 0 Å². The molecule has 2 aromatic rings. The maximum Gasteiger partial charge on any atom is 0.230 e. The van der Waals surface area contributed by atoms with Crippen molar-refractivity contribution < 1.29 is 0 Å². The Bertz CT molecular complexity index is 439. The first-order valence-electron chi connectivity index (χ1n) is 3.90. The average molecular weight is 208 g/mol. The van der Waals surface area contributed by atoms with Gasteiger partial charge in [0, 0.05) is 17.7 Å². The molecule has 0 bridgehead atoms. The van der Waals surface area contributed by atoms with Gasteiger partial charge in [-0.15, -0.1) is 0 Å². The molecule has 0 atom stereocenters. The second-order valence-electron chi connectivity index (χ2n) is 2.58. The second-order valence-corrected chi connectivity index (χ2v) is 3.33. The summed E-state index contributed by atoms with van der Waals surface area (Å²) in [7, 11) is 0. The van der Waals surface area contributed by atoms with Gasteiger partial charge in [0.05, 0.1) is 0 Å². The Hall–Kier alpha value is -1.76. The number of hydrogen-bond acceptors (Lipinski definition) is 7. The van der Waals surface area contributed by atoms with Crippen LogP contribution in [0, 0.1) is 6.92 Å². The molecule has 0 fully saturated rings. The molecule has 6 nitrogen and oxygen atoms in total. The Kier molecular flexibility index (Phi) is 2.23. The third kappa shape index (κ3) is 1.94. The zero-order valence-electron chi connectivity index (χ0n) is 7.43. The van der Waals surface area contributed by atoms with Crippen LogP contribution in [0.2, 0.25) is 0 Å². The smallest absolute Gasteiger partial charge is 0.230 e. The molecule has 0 saturated heterocycles. The molecule has 72 valence electrons. The number of aryl methyl sites for hydroxylation is 1. The second kappa shape index (κ2) is 3.54. The molecule has 0 aromatic carbocycles. The lowest BCUT2D eigenvalue weighted by molar-refractivity contribution is 1.14. The fraction of sp³-hybridized carbons (Fsp3) is 0.143. The molecule has 0 amide bonds. The molecule has 2 heterocycles. The van der Waals surface area contributed by atoms with E-state index in [1.165, 1.54) is 11.5 Å². The molecule has 0 aliphatic heterocycles. The van der Waals surface area contributed by atoms with Gasteiger partial charge in [-0.2, -0.15) is 9.36 Å². The van der Waals surface area contributed by atoms with Crippen molar-refractivity contribution in [3.63, 3.8) is 0 Å². The summed E-state index contributed by atoms with van der Waals surface area (Å²) in [5.41, 5.74) is 5.49. The summed E-state index contributed by atoms with van der Waals surface area (Å²) in [6, 6.07) is 1.62. The van der Waals surface area contributed by atoms with Crippen LogP contribution < -0.4 is 11.1 Å².